The molecular weight excluding hydrogens is 386 g/mol. The summed E-state index contributed by atoms with van der Waals surface area (Å²) in [6, 6.07) is 7.10. The van der Waals surface area contributed by atoms with Gasteiger partial charge >= 0.3 is 0 Å². The Labute approximate surface area is 152 Å². The van der Waals surface area contributed by atoms with Crippen molar-refractivity contribution in [2.45, 2.75) is 28.3 Å². The molecule has 1 aromatic heterocycles. The van der Waals surface area contributed by atoms with E-state index in [0.29, 0.717) is 17.0 Å². The number of fused-ring (bicyclic) bond motifs is 1. The fourth-order valence-electron chi connectivity index (χ4n) is 2.12. The van der Waals surface area contributed by atoms with E-state index in [0.717, 1.165) is 26.7 Å². The number of anilines is 1. The summed E-state index contributed by atoms with van der Waals surface area (Å²) in [5.41, 5.74) is 1.08. The highest BCUT2D eigenvalue weighted by atomic mass is 32.2. The van der Waals surface area contributed by atoms with Crippen LogP contribution in [0.15, 0.2) is 45.6 Å². The second-order valence-electron chi connectivity index (χ2n) is 5.54. The van der Waals surface area contributed by atoms with E-state index in [2.05, 4.69) is 23.6 Å². The van der Waals surface area contributed by atoms with Gasteiger partial charge in [0.2, 0.25) is 0 Å². The summed E-state index contributed by atoms with van der Waals surface area (Å²) in [6.07, 6.45) is 0. The molecule has 0 aliphatic heterocycles. The molecule has 0 fully saturated rings. The van der Waals surface area contributed by atoms with Gasteiger partial charge in [-0.15, -0.1) is 11.3 Å². The van der Waals surface area contributed by atoms with Crippen LogP contribution in [0, 0.1) is 11.6 Å². The number of hydrogen-bond acceptors (Lipinski definition) is 5. The second kappa shape index (κ2) is 6.89. The largest absolute Gasteiger partial charge is 0.280 e. The molecule has 0 atom stereocenters. The van der Waals surface area contributed by atoms with E-state index in [9.17, 15) is 17.2 Å². The van der Waals surface area contributed by atoms with Gasteiger partial charge in [-0.05, 0) is 30.3 Å². The minimum absolute atomic E-state index is 0.307. The summed E-state index contributed by atoms with van der Waals surface area (Å²) >= 11 is 3.09. The van der Waals surface area contributed by atoms with Crippen LogP contribution in [0.25, 0.3) is 10.2 Å². The maximum atomic E-state index is 13.3. The quantitative estimate of drug-likeness (QED) is 0.621. The van der Waals surface area contributed by atoms with Crippen LogP contribution in [-0.2, 0) is 10.0 Å². The summed E-state index contributed by atoms with van der Waals surface area (Å²) in [5, 5.41) is 0.390. The normalized spacial score (nSPS) is 12.0. The summed E-state index contributed by atoms with van der Waals surface area (Å²) < 4.78 is 55.3. The van der Waals surface area contributed by atoms with E-state index < -0.39 is 26.6 Å². The summed E-state index contributed by atoms with van der Waals surface area (Å²) in [4.78, 5) is 4.01. The Morgan fingerprint density at radius 3 is 2.44 bits per heavy atom. The van der Waals surface area contributed by atoms with Crippen molar-refractivity contribution in [1.82, 2.24) is 4.98 Å². The van der Waals surface area contributed by atoms with Crippen molar-refractivity contribution in [3.05, 3.63) is 48.0 Å². The highest BCUT2D eigenvalue weighted by Gasteiger charge is 2.17. The molecule has 132 valence electrons. The molecule has 0 unspecified atom stereocenters. The minimum Gasteiger partial charge on any atom is -0.280 e. The average molecular weight is 400 g/mol. The lowest BCUT2D eigenvalue weighted by atomic mass is 10.3. The van der Waals surface area contributed by atoms with Crippen molar-refractivity contribution in [2.75, 3.05) is 4.72 Å². The van der Waals surface area contributed by atoms with Crippen LogP contribution in [0.4, 0.5) is 14.5 Å². The van der Waals surface area contributed by atoms with Gasteiger partial charge in [0.1, 0.15) is 11.6 Å². The summed E-state index contributed by atoms with van der Waals surface area (Å²) in [5.74, 6) is -1.90. The smallest absolute Gasteiger partial charge is 0.262 e. The molecule has 0 radical (unpaired) electrons. The first-order valence-electron chi connectivity index (χ1n) is 7.29. The van der Waals surface area contributed by atoms with Crippen LogP contribution in [0.3, 0.4) is 0 Å². The molecule has 0 saturated heterocycles. The molecule has 0 aliphatic carbocycles. The molecular formula is C16H14F2N2O2S3. The Balaban J connectivity index is 1.91. The highest BCUT2D eigenvalue weighted by Crippen LogP contribution is 2.33. The molecule has 1 heterocycles. The van der Waals surface area contributed by atoms with E-state index >= 15 is 0 Å². The Bertz CT molecular complexity index is 1010. The fourth-order valence-corrected chi connectivity index (χ4v) is 5.54. The Morgan fingerprint density at radius 2 is 1.80 bits per heavy atom. The topological polar surface area (TPSA) is 59.1 Å². The summed E-state index contributed by atoms with van der Waals surface area (Å²) in [7, 11) is -4.09. The lowest BCUT2D eigenvalue weighted by Gasteiger charge is -2.08. The van der Waals surface area contributed by atoms with E-state index in [1.807, 2.05) is 0 Å². The van der Waals surface area contributed by atoms with Crippen LogP contribution >= 0.6 is 23.1 Å². The zero-order valence-corrected chi connectivity index (χ0v) is 15.7. The average Bonchev–Trinajstić information content (AvgIpc) is 2.86. The highest BCUT2D eigenvalue weighted by molar-refractivity contribution is 8.01. The number of benzene rings is 2. The zero-order valence-electron chi connectivity index (χ0n) is 13.3. The van der Waals surface area contributed by atoms with E-state index in [1.54, 1.807) is 30.0 Å². The van der Waals surface area contributed by atoms with Crippen molar-refractivity contribution < 1.29 is 17.2 Å². The monoisotopic (exact) mass is 400 g/mol. The zero-order chi connectivity index (χ0) is 18.2. The van der Waals surface area contributed by atoms with Crippen LogP contribution < -0.4 is 4.72 Å². The Kier molecular flexibility index (Phi) is 4.99. The van der Waals surface area contributed by atoms with Gasteiger partial charge in [0, 0.05) is 11.3 Å². The predicted octanol–water partition coefficient (Wildman–Crippen LogP) is 4.88. The minimum atomic E-state index is -4.09. The predicted molar refractivity (Wildman–Crippen MR) is 97.8 cm³/mol. The van der Waals surface area contributed by atoms with Crippen molar-refractivity contribution in [2.24, 2.45) is 0 Å². The molecule has 25 heavy (non-hydrogen) atoms. The molecule has 0 bridgehead atoms. The van der Waals surface area contributed by atoms with Crippen molar-refractivity contribution in [3.63, 3.8) is 0 Å². The van der Waals surface area contributed by atoms with Gasteiger partial charge in [0.25, 0.3) is 10.0 Å². The summed E-state index contributed by atoms with van der Waals surface area (Å²) in [6.45, 7) is 4.13. The van der Waals surface area contributed by atoms with Gasteiger partial charge in [-0.1, -0.05) is 25.6 Å². The van der Waals surface area contributed by atoms with Crippen LogP contribution in [0.5, 0.6) is 0 Å². The van der Waals surface area contributed by atoms with Gasteiger partial charge in [0.15, 0.2) is 4.34 Å². The van der Waals surface area contributed by atoms with Crippen molar-refractivity contribution in [1.29, 1.82) is 0 Å². The number of nitrogens with one attached hydrogen (secondary N) is 1. The lowest BCUT2D eigenvalue weighted by molar-refractivity contribution is 0.568. The van der Waals surface area contributed by atoms with Crippen molar-refractivity contribution in [3.8, 4) is 0 Å². The fraction of sp³-hybridized carbons (Fsp3) is 0.188. The van der Waals surface area contributed by atoms with E-state index in [4.69, 9.17) is 0 Å². The Hall–Kier alpha value is -1.71. The maximum absolute atomic E-state index is 13.3. The van der Waals surface area contributed by atoms with Crippen LogP contribution in [0.1, 0.15) is 13.8 Å². The lowest BCUT2D eigenvalue weighted by Crippen LogP contribution is -2.13. The maximum Gasteiger partial charge on any atom is 0.262 e. The second-order valence-corrected chi connectivity index (χ2v) is 10.1. The van der Waals surface area contributed by atoms with Crippen LogP contribution in [0.2, 0.25) is 0 Å². The molecule has 3 rings (SSSR count). The van der Waals surface area contributed by atoms with Gasteiger partial charge < -0.3 is 0 Å². The number of sulfonamides is 1. The number of thiazole rings is 1. The third-order valence-electron chi connectivity index (χ3n) is 3.10. The number of thioether (sulfide) groups is 1. The third kappa shape index (κ3) is 4.28. The first kappa shape index (κ1) is 18.1. The number of aromatic nitrogens is 1. The number of nitrogens with zero attached hydrogens (tertiary/aromatic N) is 1. The molecule has 0 spiro atoms. The van der Waals surface area contributed by atoms with Gasteiger partial charge in [0.05, 0.1) is 20.8 Å². The molecule has 3 aromatic rings. The first-order chi connectivity index (χ1) is 11.7. The van der Waals surface area contributed by atoms with Crippen molar-refractivity contribution >= 4 is 49.0 Å². The molecule has 9 heteroatoms. The van der Waals surface area contributed by atoms with Gasteiger partial charge in [-0.25, -0.2) is 22.2 Å². The molecule has 2 aromatic carbocycles. The van der Waals surface area contributed by atoms with E-state index in [1.165, 1.54) is 11.3 Å². The number of rotatable bonds is 5. The molecule has 0 aliphatic rings. The molecule has 0 saturated carbocycles. The molecule has 0 amide bonds. The molecule has 4 nitrogen and oxygen atoms in total. The van der Waals surface area contributed by atoms with Gasteiger partial charge in [-0.3, -0.25) is 4.72 Å². The standard InChI is InChI=1S/C16H14F2N2O2S3/c1-9(2)23-16-19-14-4-3-12(8-15(14)24-16)20-25(21,22)13-6-10(17)5-11(18)7-13/h3-9,20H,1-2H3. The Morgan fingerprint density at radius 1 is 1.12 bits per heavy atom. The third-order valence-corrected chi connectivity index (χ3v) is 6.58. The first-order valence-corrected chi connectivity index (χ1v) is 10.5. The number of hydrogen-bond donors (Lipinski definition) is 1. The van der Waals surface area contributed by atoms with Crippen LogP contribution in [-0.4, -0.2) is 18.7 Å². The number of halogens is 2. The SMILES string of the molecule is CC(C)Sc1nc2ccc(NS(=O)(=O)c3cc(F)cc(F)c3)cc2s1. The van der Waals surface area contributed by atoms with Gasteiger partial charge in [-0.2, -0.15) is 0 Å². The van der Waals surface area contributed by atoms with E-state index in [-0.39, 0.29) is 0 Å². The molecule has 1 N–H and O–H groups in total.